The van der Waals surface area contributed by atoms with Crippen molar-refractivity contribution in [1.29, 1.82) is 0 Å². The topological polar surface area (TPSA) is 255 Å². The molecule has 33 heavy (non-hydrogen) atoms. The second-order valence-electron chi connectivity index (χ2n) is 6.92. The van der Waals surface area contributed by atoms with Gasteiger partial charge in [-0.1, -0.05) is 6.92 Å². The summed E-state index contributed by atoms with van der Waals surface area (Å²) in [6, 6.07) is 0. The summed E-state index contributed by atoms with van der Waals surface area (Å²) < 4.78 is 9.69. The fourth-order valence-electron chi connectivity index (χ4n) is 2.41. The first kappa shape index (κ1) is 31.4. The predicted molar refractivity (Wildman–Crippen MR) is 106 cm³/mol. The zero-order valence-corrected chi connectivity index (χ0v) is 18.2. The third kappa shape index (κ3) is 8.92. The maximum absolute atomic E-state index is 12.3. The van der Waals surface area contributed by atoms with Crippen molar-refractivity contribution in [2.75, 3.05) is 13.2 Å². The monoisotopic (exact) mass is 504 g/mol. The van der Waals surface area contributed by atoms with Crippen LogP contribution in [0.1, 0.15) is 19.8 Å². The Kier molecular flexibility index (Phi) is 13.9. The van der Waals surface area contributed by atoms with Crippen molar-refractivity contribution >= 4 is 23.5 Å². The second-order valence-corrected chi connectivity index (χ2v) is 7.11. The molecule has 0 bridgehead atoms. The zero-order chi connectivity index (χ0) is 25.9. The molecule has 0 heterocycles. The van der Waals surface area contributed by atoms with E-state index in [4.69, 9.17) is 31.3 Å². The van der Waals surface area contributed by atoms with Crippen LogP contribution in [-0.4, -0.2) is 131 Å². The molecule has 0 aromatic rings. The van der Waals surface area contributed by atoms with Crippen LogP contribution >= 0.6 is 11.6 Å². The van der Waals surface area contributed by atoms with E-state index in [-0.39, 0.29) is 6.42 Å². The zero-order valence-electron chi connectivity index (χ0n) is 17.4. The van der Waals surface area contributed by atoms with Gasteiger partial charge < -0.3 is 60.5 Å². The number of esters is 2. The number of rotatable bonds is 14. The lowest BCUT2D eigenvalue weighted by molar-refractivity contribution is -0.230. The molecule has 0 radical (unpaired) electrons. The number of hydrogen-bond donors (Lipinski definition) is 10. The highest BCUT2D eigenvalue weighted by Gasteiger charge is 2.44. The quantitative estimate of drug-likeness (QED) is 0.0602. The molecule has 192 valence electrons. The third-order valence-corrected chi connectivity index (χ3v) is 4.43. The van der Waals surface area contributed by atoms with Gasteiger partial charge in [0.1, 0.15) is 36.6 Å². The first-order chi connectivity index (χ1) is 15.3. The fraction of sp³-hybridized carbons (Fsp3) is 0.778. The summed E-state index contributed by atoms with van der Waals surface area (Å²) >= 11 is 5.33. The highest BCUT2D eigenvalue weighted by atomic mass is 35.5. The van der Waals surface area contributed by atoms with Crippen molar-refractivity contribution in [3.63, 3.8) is 0 Å². The van der Waals surface area contributed by atoms with Crippen molar-refractivity contribution in [2.45, 2.75) is 74.4 Å². The van der Waals surface area contributed by atoms with Gasteiger partial charge in [0.15, 0.2) is 12.2 Å². The van der Waals surface area contributed by atoms with Gasteiger partial charge in [-0.25, -0.2) is 9.59 Å². The number of halogens is 1. The van der Waals surface area contributed by atoms with E-state index in [1.165, 1.54) is 6.92 Å². The van der Waals surface area contributed by atoms with Crippen molar-refractivity contribution in [3.8, 4) is 11.3 Å². The van der Waals surface area contributed by atoms with Gasteiger partial charge in [-0.15, -0.1) is 0 Å². The molecule has 0 spiro atoms. The van der Waals surface area contributed by atoms with Crippen LogP contribution in [0.15, 0.2) is 0 Å². The maximum atomic E-state index is 12.3. The summed E-state index contributed by atoms with van der Waals surface area (Å²) in [4.78, 5) is 24.6. The number of carbonyl (C=O) groups is 2. The molecule has 14 nitrogen and oxygen atoms in total. The summed E-state index contributed by atoms with van der Waals surface area (Å²) in [6.45, 7) is -0.538. The molecule has 8 atom stereocenters. The van der Waals surface area contributed by atoms with Crippen LogP contribution in [0.4, 0.5) is 0 Å². The van der Waals surface area contributed by atoms with Gasteiger partial charge in [0.05, 0.1) is 13.2 Å². The molecule has 0 aliphatic heterocycles. The Hall–Kier alpha value is -1.61. The van der Waals surface area contributed by atoms with Gasteiger partial charge in [0, 0.05) is 17.7 Å². The summed E-state index contributed by atoms with van der Waals surface area (Å²) in [7, 11) is 0. The van der Waals surface area contributed by atoms with Gasteiger partial charge >= 0.3 is 17.7 Å². The smallest absolute Gasteiger partial charge is 0.341 e. The lowest BCUT2D eigenvalue weighted by Crippen LogP contribution is -2.53. The van der Waals surface area contributed by atoms with E-state index in [0.717, 1.165) is 0 Å². The molecule has 10 N–H and O–H groups in total. The van der Waals surface area contributed by atoms with E-state index in [0.29, 0.717) is 0 Å². The molecular formula is C18H29ClO14. The maximum Gasteiger partial charge on any atom is 0.341 e. The lowest BCUT2D eigenvalue weighted by Gasteiger charge is -2.32. The fourth-order valence-corrected chi connectivity index (χ4v) is 2.55. The molecule has 0 saturated carbocycles. The molecule has 0 aliphatic rings. The molecular weight excluding hydrogens is 476 g/mol. The van der Waals surface area contributed by atoms with Crippen LogP contribution in [0.3, 0.4) is 0 Å². The Bertz CT molecular complexity index is 637. The molecule has 0 aromatic heterocycles. The average Bonchev–Trinajstić information content (AvgIpc) is 2.79. The number of ether oxygens (including phenoxy) is 2. The van der Waals surface area contributed by atoms with Gasteiger partial charge in [0.25, 0.3) is 0 Å². The van der Waals surface area contributed by atoms with Crippen molar-refractivity contribution < 1.29 is 70.1 Å². The minimum absolute atomic E-state index is 0.0845. The van der Waals surface area contributed by atoms with Crippen molar-refractivity contribution in [1.82, 2.24) is 0 Å². The Balaban J connectivity index is 5.70. The van der Waals surface area contributed by atoms with Crippen LogP contribution in [0.25, 0.3) is 0 Å². The predicted octanol–water partition coefficient (Wildman–Crippen LogP) is -5.36. The van der Waals surface area contributed by atoms with Crippen LogP contribution in [-0.2, 0) is 19.1 Å². The van der Waals surface area contributed by atoms with Gasteiger partial charge in [0.2, 0.25) is 0 Å². The van der Waals surface area contributed by atoms with Crippen LogP contribution in [0.2, 0.25) is 0 Å². The normalized spacial score (nSPS) is 20.5. The van der Waals surface area contributed by atoms with E-state index in [9.17, 15) is 50.4 Å². The Labute approximate surface area is 193 Å². The van der Waals surface area contributed by atoms with Gasteiger partial charge in [-0.05, 0) is 18.0 Å². The molecule has 8 unspecified atom stereocenters. The summed E-state index contributed by atoms with van der Waals surface area (Å²) in [5, 5.41) is 96.7. The van der Waals surface area contributed by atoms with Gasteiger partial charge in [-0.2, -0.15) is 0 Å². The van der Waals surface area contributed by atoms with E-state index < -0.39 is 86.2 Å². The van der Waals surface area contributed by atoms with Crippen molar-refractivity contribution in [2.24, 2.45) is 0 Å². The summed E-state index contributed by atoms with van der Waals surface area (Å²) in [5.74, 6) is -4.03. The van der Waals surface area contributed by atoms with Crippen LogP contribution < -0.4 is 0 Å². The number of aliphatic hydroxyl groups excluding tert-OH is 10. The largest absolute Gasteiger partial charge is 0.409 e. The first-order valence-electron chi connectivity index (χ1n) is 9.57. The minimum atomic E-state index is -2.59. The van der Waals surface area contributed by atoms with Gasteiger partial charge in [-0.3, -0.25) is 0 Å². The van der Waals surface area contributed by atoms with Crippen LogP contribution in [0.5, 0.6) is 0 Å². The average molecular weight is 505 g/mol. The molecule has 0 aliphatic carbocycles. The molecule has 0 amide bonds. The summed E-state index contributed by atoms with van der Waals surface area (Å²) in [6.07, 6.45) is -18.4. The Morgan fingerprint density at radius 2 is 1.15 bits per heavy atom. The van der Waals surface area contributed by atoms with E-state index in [2.05, 4.69) is 0 Å². The first-order valence-corrected chi connectivity index (χ1v) is 9.94. The number of hydrogen-bond acceptors (Lipinski definition) is 14. The summed E-state index contributed by atoms with van der Waals surface area (Å²) in [5.41, 5.74) is 0. The van der Waals surface area contributed by atoms with E-state index in [1.807, 2.05) is 5.92 Å². The molecule has 15 heteroatoms. The van der Waals surface area contributed by atoms with Crippen molar-refractivity contribution in [3.05, 3.63) is 0 Å². The van der Waals surface area contributed by atoms with E-state index in [1.54, 1.807) is 5.38 Å². The second kappa shape index (κ2) is 14.6. The molecule has 0 fully saturated rings. The number of carbonyl (C=O) groups excluding carboxylic acids is 2. The Morgan fingerprint density at radius 3 is 1.42 bits per heavy atom. The highest BCUT2D eigenvalue weighted by Crippen LogP contribution is 2.24. The standard InChI is InChI=1S/C18H29ClO14/c1-2-3-18(4-5-19,32-16(30)14(28)12(26)10(24)8(22)6-20)33-17(31)15(29)13(27)11(25)9(23)7-21/h8-15,20-29H,2-3,6-7H2,1H3. The molecule has 0 saturated heterocycles. The third-order valence-electron chi connectivity index (χ3n) is 4.34. The van der Waals surface area contributed by atoms with Crippen LogP contribution in [0, 0.1) is 11.3 Å². The molecule has 0 rings (SSSR count). The highest BCUT2D eigenvalue weighted by molar-refractivity contribution is 6.30. The lowest BCUT2D eigenvalue weighted by atomic mass is 10.0. The van der Waals surface area contributed by atoms with E-state index >= 15 is 0 Å². The minimum Gasteiger partial charge on any atom is -0.409 e. The Morgan fingerprint density at radius 1 is 0.788 bits per heavy atom. The SMILES string of the molecule is CCCC(C#CCl)(OC(=O)C(O)C(O)C(O)C(O)CO)OC(=O)C(O)C(O)C(O)C(O)CO. The number of aliphatic hydroxyl groups is 10. The molecule has 0 aromatic carbocycles.